The van der Waals surface area contributed by atoms with Crippen LogP contribution in [0.4, 0.5) is 11.5 Å². The van der Waals surface area contributed by atoms with Crippen LogP contribution in [0.3, 0.4) is 0 Å². The van der Waals surface area contributed by atoms with Gasteiger partial charge in [0.05, 0.1) is 5.02 Å². The van der Waals surface area contributed by atoms with Gasteiger partial charge >= 0.3 is 0 Å². The first kappa shape index (κ1) is 10.5. The number of rotatable bonds is 2. The fraction of sp³-hybridized carbons (Fsp3) is 0. The van der Waals surface area contributed by atoms with Crippen LogP contribution in [-0.2, 0) is 0 Å². The highest BCUT2D eigenvalue weighted by atomic mass is 79.9. The Morgan fingerprint density at radius 2 is 1.93 bits per heavy atom. The first-order valence-corrected chi connectivity index (χ1v) is 5.56. The number of hydrogen-bond acceptors (Lipinski definition) is 2. The minimum atomic E-state index is 0.591. The molecule has 0 atom stereocenters. The van der Waals surface area contributed by atoms with Gasteiger partial charge in [0, 0.05) is 16.4 Å². The smallest absolute Gasteiger partial charge is 0.149 e. The molecule has 0 amide bonds. The quantitative estimate of drug-likeness (QED) is 0.891. The highest BCUT2D eigenvalue weighted by Crippen LogP contribution is 2.25. The summed E-state index contributed by atoms with van der Waals surface area (Å²) in [7, 11) is 0. The molecule has 1 aromatic heterocycles. The van der Waals surface area contributed by atoms with E-state index in [9.17, 15) is 0 Å². The molecule has 2 nitrogen and oxygen atoms in total. The predicted molar refractivity (Wildman–Crippen MR) is 66.7 cm³/mol. The van der Waals surface area contributed by atoms with E-state index in [1.807, 2.05) is 30.3 Å². The van der Waals surface area contributed by atoms with Crippen molar-refractivity contribution in [2.75, 3.05) is 5.32 Å². The first-order valence-electron chi connectivity index (χ1n) is 4.39. The van der Waals surface area contributed by atoms with E-state index >= 15 is 0 Å². The van der Waals surface area contributed by atoms with Gasteiger partial charge in [-0.2, -0.15) is 0 Å². The second kappa shape index (κ2) is 4.64. The Morgan fingerprint density at radius 1 is 1.20 bits per heavy atom. The molecule has 0 spiro atoms. The minimum absolute atomic E-state index is 0.591. The molecule has 0 aliphatic heterocycles. The summed E-state index contributed by atoms with van der Waals surface area (Å²) in [6.07, 6.45) is 1.71. The van der Waals surface area contributed by atoms with Crippen molar-refractivity contribution in [1.29, 1.82) is 0 Å². The molecule has 2 rings (SSSR count). The summed E-state index contributed by atoms with van der Waals surface area (Å²) in [5.41, 5.74) is 0.967. The lowest BCUT2D eigenvalue weighted by atomic mass is 10.3. The Kier molecular flexibility index (Phi) is 3.23. The van der Waals surface area contributed by atoms with Crippen LogP contribution in [-0.4, -0.2) is 4.98 Å². The standard InChI is InChI=1S/C11H8BrClN2/c12-8-6-10(13)11(14-7-8)15-9-4-2-1-3-5-9/h1-7H,(H,14,15). The third-order valence-electron chi connectivity index (χ3n) is 1.84. The number of pyridine rings is 1. The first-order chi connectivity index (χ1) is 7.25. The van der Waals surface area contributed by atoms with Crippen LogP contribution >= 0.6 is 27.5 Å². The van der Waals surface area contributed by atoms with Gasteiger partial charge in [0.15, 0.2) is 0 Å². The van der Waals surface area contributed by atoms with Crippen LogP contribution in [0, 0.1) is 0 Å². The Hall–Kier alpha value is -1.06. The summed E-state index contributed by atoms with van der Waals surface area (Å²) in [6.45, 7) is 0. The van der Waals surface area contributed by atoms with E-state index in [-0.39, 0.29) is 0 Å². The van der Waals surface area contributed by atoms with Crippen LogP contribution < -0.4 is 5.32 Å². The molecule has 4 heteroatoms. The summed E-state index contributed by atoms with van der Waals surface area (Å²) in [5.74, 6) is 0.658. The molecular formula is C11H8BrClN2. The largest absolute Gasteiger partial charge is 0.339 e. The van der Waals surface area contributed by atoms with Gasteiger partial charge in [0.2, 0.25) is 0 Å². The normalized spacial score (nSPS) is 10.0. The molecular weight excluding hydrogens is 275 g/mol. The van der Waals surface area contributed by atoms with Gasteiger partial charge < -0.3 is 5.32 Å². The maximum Gasteiger partial charge on any atom is 0.149 e. The van der Waals surface area contributed by atoms with Crippen molar-refractivity contribution in [2.24, 2.45) is 0 Å². The van der Waals surface area contributed by atoms with E-state index in [1.54, 1.807) is 12.3 Å². The number of halogens is 2. The van der Waals surface area contributed by atoms with Gasteiger partial charge in [-0.1, -0.05) is 29.8 Å². The Morgan fingerprint density at radius 3 is 2.60 bits per heavy atom. The number of nitrogens with zero attached hydrogens (tertiary/aromatic N) is 1. The zero-order valence-corrected chi connectivity index (χ0v) is 10.1. The summed E-state index contributed by atoms with van der Waals surface area (Å²) >= 11 is 9.33. The van der Waals surface area contributed by atoms with Gasteiger partial charge in [-0.15, -0.1) is 0 Å². The van der Waals surface area contributed by atoms with E-state index in [1.165, 1.54) is 0 Å². The maximum absolute atomic E-state index is 6.02. The average molecular weight is 284 g/mol. The van der Waals surface area contributed by atoms with Gasteiger partial charge in [0.1, 0.15) is 5.82 Å². The average Bonchev–Trinajstić information content (AvgIpc) is 2.24. The molecule has 0 aliphatic rings. The zero-order valence-electron chi connectivity index (χ0n) is 7.74. The van der Waals surface area contributed by atoms with E-state index in [2.05, 4.69) is 26.2 Å². The lowest BCUT2D eigenvalue weighted by molar-refractivity contribution is 1.29. The van der Waals surface area contributed by atoms with Gasteiger partial charge in [-0.25, -0.2) is 4.98 Å². The number of aromatic nitrogens is 1. The predicted octanol–water partition coefficient (Wildman–Crippen LogP) is 4.24. The molecule has 1 aromatic carbocycles. The fourth-order valence-corrected chi connectivity index (χ4v) is 1.84. The van der Waals surface area contributed by atoms with Crippen molar-refractivity contribution in [1.82, 2.24) is 4.98 Å². The van der Waals surface area contributed by atoms with E-state index < -0.39 is 0 Å². The number of benzene rings is 1. The highest BCUT2D eigenvalue weighted by molar-refractivity contribution is 9.10. The van der Waals surface area contributed by atoms with Crippen molar-refractivity contribution in [3.63, 3.8) is 0 Å². The molecule has 15 heavy (non-hydrogen) atoms. The lowest BCUT2D eigenvalue weighted by Crippen LogP contribution is -1.93. The van der Waals surface area contributed by atoms with Crippen LogP contribution in [0.2, 0.25) is 5.02 Å². The second-order valence-electron chi connectivity index (χ2n) is 2.97. The topological polar surface area (TPSA) is 24.9 Å². The summed E-state index contributed by atoms with van der Waals surface area (Å²) in [6, 6.07) is 11.6. The molecule has 0 fully saturated rings. The van der Waals surface area contributed by atoms with Crippen LogP contribution in [0.15, 0.2) is 47.1 Å². The number of hydrogen-bond donors (Lipinski definition) is 1. The molecule has 1 N–H and O–H groups in total. The number of nitrogens with one attached hydrogen (secondary N) is 1. The molecule has 2 aromatic rings. The Labute approximate surface area is 101 Å². The van der Waals surface area contributed by atoms with E-state index in [0.717, 1.165) is 10.2 Å². The Balaban J connectivity index is 2.25. The van der Waals surface area contributed by atoms with Crippen LogP contribution in [0.5, 0.6) is 0 Å². The zero-order chi connectivity index (χ0) is 10.7. The van der Waals surface area contributed by atoms with Crippen molar-refractivity contribution >= 4 is 39.0 Å². The third kappa shape index (κ3) is 2.70. The van der Waals surface area contributed by atoms with Gasteiger partial charge in [0.25, 0.3) is 0 Å². The van der Waals surface area contributed by atoms with Crippen molar-refractivity contribution < 1.29 is 0 Å². The lowest BCUT2D eigenvalue weighted by Gasteiger charge is -2.06. The summed E-state index contributed by atoms with van der Waals surface area (Å²) < 4.78 is 0.867. The molecule has 1 heterocycles. The minimum Gasteiger partial charge on any atom is -0.339 e. The molecule has 0 saturated heterocycles. The summed E-state index contributed by atoms with van der Waals surface area (Å²) in [5, 5.41) is 3.73. The monoisotopic (exact) mass is 282 g/mol. The molecule has 0 radical (unpaired) electrons. The third-order valence-corrected chi connectivity index (χ3v) is 2.57. The van der Waals surface area contributed by atoms with Crippen LogP contribution in [0.1, 0.15) is 0 Å². The second-order valence-corrected chi connectivity index (χ2v) is 4.30. The van der Waals surface area contributed by atoms with Crippen molar-refractivity contribution in [3.8, 4) is 0 Å². The summed E-state index contributed by atoms with van der Waals surface area (Å²) in [4.78, 5) is 4.18. The van der Waals surface area contributed by atoms with Crippen molar-refractivity contribution in [2.45, 2.75) is 0 Å². The van der Waals surface area contributed by atoms with E-state index in [4.69, 9.17) is 11.6 Å². The highest BCUT2D eigenvalue weighted by Gasteiger charge is 2.02. The molecule has 76 valence electrons. The fourth-order valence-electron chi connectivity index (χ4n) is 1.16. The molecule has 0 aliphatic carbocycles. The maximum atomic E-state index is 6.02. The molecule has 0 saturated carbocycles. The SMILES string of the molecule is Clc1cc(Br)cnc1Nc1ccccc1. The van der Waals surface area contributed by atoms with Crippen molar-refractivity contribution in [3.05, 3.63) is 52.1 Å². The Bertz CT molecular complexity index is 459. The molecule has 0 unspecified atom stereocenters. The number of anilines is 2. The number of para-hydroxylation sites is 1. The van der Waals surface area contributed by atoms with Crippen LogP contribution in [0.25, 0.3) is 0 Å². The van der Waals surface area contributed by atoms with E-state index in [0.29, 0.717) is 10.8 Å². The van der Waals surface area contributed by atoms with Gasteiger partial charge in [-0.05, 0) is 34.1 Å². The van der Waals surface area contributed by atoms with Gasteiger partial charge in [-0.3, -0.25) is 0 Å². The molecule has 0 bridgehead atoms.